The van der Waals surface area contributed by atoms with Gasteiger partial charge in [0.25, 0.3) is 0 Å². The van der Waals surface area contributed by atoms with Gasteiger partial charge < -0.3 is 41.0 Å². The minimum absolute atomic E-state index is 0.0787. The van der Waals surface area contributed by atoms with Crippen LogP contribution in [0.1, 0.15) is 32.3 Å². The fourth-order valence-corrected chi connectivity index (χ4v) is 3.28. The summed E-state index contributed by atoms with van der Waals surface area (Å²) in [6, 6.07) is 3.69. The van der Waals surface area contributed by atoms with E-state index in [2.05, 4.69) is 5.32 Å². The van der Waals surface area contributed by atoms with E-state index in [9.17, 15) is 30.0 Å². The van der Waals surface area contributed by atoms with E-state index in [-0.39, 0.29) is 18.8 Å². The third-order valence-electron chi connectivity index (χ3n) is 5.24. The number of nitrogens with two attached hydrogens (primary N) is 1. The summed E-state index contributed by atoms with van der Waals surface area (Å²) in [7, 11) is 0. The third kappa shape index (κ3) is 6.62. The van der Waals surface area contributed by atoms with E-state index in [1.807, 2.05) is 6.92 Å². The van der Waals surface area contributed by atoms with Gasteiger partial charge in [-0.25, -0.2) is 4.79 Å². The molecular formula is C21H32N2O8. The quantitative estimate of drug-likeness (QED) is 0.207. The topological polar surface area (TPSA) is 172 Å². The molecule has 0 unspecified atom stereocenters. The van der Waals surface area contributed by atoms with Gasteiger partial charge in [0, 0.05) is 0 Å². The molecule has 7 atom stereocenters. The number of carbonyl (C=O) groups is 2. The van der Waals surface area contributed by atoms with Crippen molar-refractivity contribution < 1.29 is 39.5 Å². The van der Waals surface area contributed by atoms with Crippen molar-refractivity contribution in [2.75, 3.05) is 6.61 Å². The molecule has 31 heavy (non-hydrogen) atoms. The molecule has 1 heterocycles. The number of phenols is 1. The van der Waals surface area contributed by atoms with E-state index in [0.29, 0.717) is 12.0 Å². The molecule has 1 aromatic carbocycles. The minimum Gasteiger partial charge on any atom is -0.508 e. The lowest BCUT2D eigenvalue weighted by Crippen LogP contribution is -2.65. The molecule has 1 fully saturated rings. The Morgan fingerprint density at radius 1 is 1.16 bits per heavy atom. The highest BCUT2D eigenvalue weighted by atomic mass is 16.6. The van der Waals surface area contributed by atoms with Crippen LogP contribution in [0.15, 0.2) is 24.3 Å². The number of hydrogen-bond donors (Lipinski definition) is 6. The Kier molecular flexibility index (Phi) is 9.20. The fraction of sp³-hybridized carbons (Fsp3) is 0.619. The zero-order valence-corrected chi connectivity index (χ0v) is 17.7. The summed E-state index contributed by atoms with van der Waals surface area (Å²) in [6.45, 7) is 3.51. The Labute approximate surface area is 181 Å². The van der Waals surface area contributed by atoms with Gasteiger partial charge in [-0.1, -0.05) is 25.5 Å². The van der Waals surface area contributed by atoms with Crippen LogP contribution in [0.25, 0.3) is 0 Å². The maximum Gasteiger partial charge on any atom is 0.331 e. The summed E-state index contributed by atoms with van der Waals surface area (Å²) in [4.78, 5) is 25.4. The van der Waals surface area contributed by atoms with Crippen LogP contribution >= 0.6 is 0 Å². The number of aliphatic hydroxyl groups is 3. The number of phenolic OH excluding ortho intramolecular Hbond substituents is 1. The van der Waals surface area contributed by atoms with E-state index < -0.39 is 54.5 Å². The van der Waals surface area contributed by atoms with Crippen LogP contribution in [0.3, 0.4) is 0 Å². The van der Waals surface area contributed by atoms with E-state index in [1.54, 1.807) is 12.1 Å². The normalized spacial score (nSPS) is 27.9. The average molecular weight is 440 g/mol. The highest BCUT2D eigenvalue weighted by molar-refractivity contribution is 5.88. The molecule has 1 amide bonds. The second-order valence-corrected chi connectivity index (χ2v) is 7.76. The molecule has 0 spiro atoms. The van der Waals surface area contributed by atoms with Gasteiger partial charge in [0.15, 0.2) is 6.04 Å². The Balaban J connectivity index is 2.14. The Hall–Kier alpha value is -2.24. The SMILES string of the molecule is CCCCOC(=O)[C@@H](NC(=O)[C@@H](N)Cc1ccc(O)cc1)[C@@H]1O[C@H](C)[C@@H](O)[C@H](O)[C@H]1O. The van der Waals surface area contributed by atoms with Gasteiger partial charge in [-0.2, -0.15) is 0 Å². The van der Waals surface area contributed by atoms with E-state index in [4.69, 9.17) is 15.2 Å². The second kappa shape index (κ2) is 11.4. The van der Waals surface area contributed by atoms with Gasteiger partial charge in [0.1, 0.15) is 30.2 Å². The molecule has 0 radical (unpaired) electrons. The summed E-state index contributed by atoms with van der Waals surface area (Å²) < 4.78 is 10.7. The van der Waals surface area contributed by atoms with Crippen molar-refractivity contribution in [2.45, 2.75) is 75.7 Å². The molecule has 1 saturated heterocycles. The van der Waals surface area contributed by atoms with Crippen LogP contribution < -0.4 is 11.1 Å². The smallest absolute Gasteiger partial charge is 0.331 e. The molecular weight excluding hydrogens is 408 g/mol. The van der Waals surface area contributed by atoms with Gasteiger partial charge in [-0.15, -0.1) is 0 Å². The van der Waals surface area contributed by atoms with Crippen LogP contribution in [-0.4, -0.2) is 81.5 Å². The summed E-state index contributed by atoms with van der Waals surface area (Å²) in [5, 5.41) is 42.2. The van der Waals surface area contributed by atoms with Crippen molar-refractivity contribution in [3.63, 3.8) is 0 Å². The Morgan fingerprint density at radius 2 is 1.81 bits per heavy atom. The maximum absolute atomic E-state index is 12.7. The van der Waals surface area contributed by atoms with Gasteiger partial charge in [-0.05, 0) is 37.5 Å². The van der Waals surface area contributed by atoms with Crippen molar-refractivity contribution in [3.8, 4) is 5.75 Å². The van der Waals surface area contributed by atoms with Crippen molar-refractivity contribution >= 4 is 11.9 Å². The lowest BCUT2D eigenvalue weighted by atomic mass is 9.91. The van der Waals surface area contributed by atoms with E-state index in [0.717, 1.165) is 6.42 Å². The summed E-state index contributed by atoms with van der Waals surface area (Å²) in [6.07, 6.45) is -5.26. The van der Waals surface area contributed by atoms with Crippen LogP contribution in [0.4, 0.5) is 0 Å². The number of ether oxygens (including phenoxy) is 2. The van der Waals surface area contributed by atoms with E-state index in [1.165, 1.54) is 19.1 Å². The average Bonchev–Trinajstić information content (AvgIpc) is 2.74. The van der Waals surface area contributed by atoms with Crippen molar-refractivity contribution in [1.82, 2.24) is 5.32 Å². The van der Waals surface area contributed by atoms with Gasteiger partial charge >= 0.3 is 5.97 Å². The molecule has 2 rings (SSSR count). The maximum atomic E-state index is 12.7. The van der Waals surface area contributed by atoms with Crippen LogP contribution in [0.2, 0.25) is 0 Å². The number of carbonyl (C=O) groups excluding carboxylic acids is 2. The number of amides is 1. The molecule has 10 heteroatoms. The molecule has 0 saturated carbocycles. The van der Waals surface area contributed by atoms with Crippen LogP contribution in [0, 0.1) is 0 Å². The standard InChI is InChI=1S/C21H32N2O8/c1-3-4-9-30-21(29)15(19-18(27)17(26)16(25)11(2)31-19)23-20(28)14(22)10-12-5-7-13(24)8-6-12/h5-8,11,14-19,24-27H,3-4,9-10,22H2,1-2H3,(H,23,28)/t11-,14+,15+,16-,17+,18-,19+/m1/s1. The highest BCUT2D eigenvalue weighted by Crippen LogP contribution is 2.24. The molecule has 0 aromatic heterocycles. The molecule has 1 aliphatic rings. The predicted octanol–water partition coefficient (Wildman–Crippen LogP) is -1.04. The zero-order chi connectivity index (χ0) is 23.1. The number of aliphatic hydroxyl groups excluding tert-OH is 3. The Morgan fingerprint density at radius 3 is 2.42 bits per heavy atom. The second-order valence-electron chi connectivity index (χ2n) is 7.76. The predicted molar refractivity (Wildman–Crippen MR) is 110 cm³/mol. The fourth-order valence-electron chi connectivity index (χ4n) is 3.28. The summed E-state index contributed by atoms with van der Waals surface area (Å²) >= 11 is 0. The number of hydrogen-bond acceptors (Lipinski definition) is 9. The van der Waals surface area contributed by atoms with Gasteiger partial charge in [-0.3, -0.25) is 4.79 Å². The molecule has 1 aromatic rings. The summed E-state index contributed by atoms with van der Waals surface area (Å²) in [5.41, 5.74) is 6.68. The number of benzene rings is 1. The first-order chi connectivity index (χ1) is 14.6. The molecule has 10 nitrogen and oxygen atoms in total. The number of esters is 1. The molecule has 174 valence electrons. The highest BCUT2D eigenvalue weighted by Gasteiger charge is 2.48. The number of unbranched alkanes of at least 4 members (excludes halogenated alkanes) is 1. The van der Waals surface area contributed by atoms with Gasteiger partial charge in [0.05, 0.1) is 18.8 Å². The van der Waals surface area contributed by atoms with Crippen LogP contribution in [0.5, 0.6) is 5.75 Å². The zero-order valence-electron chi connectivity index (χ0n) is 17.7. The number of aromatic hydroxyl groups is 1. The van der Waals surface area contributed by atoms with Crippen LogP contribution in [-0.2, 0) is 25.5 Å². The largest absolute Gasteiger partial charge is 0.508 e. The molecule has 0 bridgehead atoms. The van der Waals surface area contributed by atoms with Gasteiger partial charge in [0.2, 0.25) is 5.91 Å². The first-order valence-corrected chi connectivity index (χ1v) is 10.4. The number of nitrogens with one attached hydrogen (secondary N) is 1. The summed E-state index contributed by atoms with van der Waals surface area (Å²) in [5.74, 6) is -1.44. The lowest BCUT2D eigenvalue weighted by molar-refractivity contribution is -0.226. The first-order valence-electron chi connectivity index (χ1n) is 10.4. The van der Waals surface area contributed by atoms with Crippen molar-refractivity contribution in [1.29, 1.82) is 0 Å². The lowest BCUT2D eigenvalue weighted by Gasteiger charge is -2.42. The third-order valence-corrected chi connectivity index (χ3v) is 5.24. The Bertz CT molecular complexity index is 729. The molecule has 0 aliphatic carbocycles. The molecule has 7 N–H and O–H groups in total. The molecule has 1 aliphatic heterocycles. The van der Waals surface area contributed by atoms with Crippen molar-refractivity contribution in [3.05, 3.63) is 29.8 Å². The van der Waals surface area contributed by atoms with Crippen molar-refractivity contribution in [2.24, 2.45) is 5.73 Å². The first kappa shape index (κ1) is 25.0. The van der Waals surface area contributed by atoms with E-state index >= 15 is 0 Å². The number of rotatable bonds is 9. The monoisotopic (exact) mass is 440 g/mol. The minimum atomic E-state index is -1.64.